The second kappa shape index (κ2) is 6.22. The lowest BCUT2D eigenvalue weighted by atomic mass is 9.93. The molecule has 2 rings (SSSR count). The molecule has 0 bridgehead atoms. The number of hydrogen-bond acceptors (Lipinski definition) is 3. The summed E-state index contributed by atoms with van der Waals surface area (Å²) in [6.45, 7) is 6.99. The zero-order valence-corrected chi connectivity index (χ0v) is 13.3. The number of aliphatic carboxylic acids is 1. The van der Waals surface area contributed by atoms with Crippen LogP contribution in [-0.2, 0) is 4.79 Å². The Morgan fingerprint density at radius 2 is 1.95 bits per heavy atom. The number of likely N-dealkylation sites (N-methyl/N-ethyl adjacent to an activating group) is 1. The first-order chi connectivity index (χ1) is 9.92. The van der Waals surface area contributed by atoms with Gasteiger partial charge in [-0.2, -0.15) is 0 Å². The second-order valence-corrected chi connectivity index (χ2v) is 6.39. The summed E-state index contributed by atoms with van der Waals surface area (Å²) in [6, 6.07) is 0.0218. The van der Waals surface area contributed by atoms with Crippen molar-refractivity contribution in [1.82, 2.24) is 14.7 Å². The van der Waals surface area contributed by atoms with Crippen LogP contribution in [0.15, 0.2) is 0 Å². The lowest BCUT2D eigenvalue weighted by Gasteiger charge is -2.39. The minimum Gasteiger partial charge on any atom is -0.479 e. The number of carboxylic acid groups (broad SMARTS) is 1. The number of carboxylic acids is 1. The molecule has 2 atom stereocenters. The largest absolute Gasteiger partial charge is 0.479 e. The van der Waals surface area contributed by atoms with E-state index in [4.69, 9.17) is 0 Å². The molecule has 21 heavy (non-hydrogen) atoms. The molecule has 2 unspecified atom stereocenters. The maximum Gasteiger partial charge on any atom is 0.329 e. The molecule has 0 saturated carbocycles. The van der Waals surface area contributed by atoms with E-state index in [1.807, 2.05) is 18.7 Å². The van der Waals surface area contributed by atoms with Crippen LogP contribution >= 0.6 is 0 Å². The average Bonchev–Trinajstić information content (AvgIpc) is 2.80. The van der Waals surface area contributed by atoms with Gasteiger partial charge in [-0.3, -0.25) is 0 Å². The van der Waals surface area contributed by atoms with Crippen LogP contribution in [0, 0.1) is 0 Å². The molecule has 2 aliphatic heterocycles. The molecule has 2 aliphatic rings. The van der Waals surface area contributed by atoms with E-state index in [9.17, 15) is 14.7 Å². The monoisotopic (exact) mass is 297 g/mol. The number of likely N-dealkylation sites (tertiary alicyclic amines) is 1. The highest BCUT2D eigenvalue weighted by Crippen LogP contribution is 2.34. The number of rotatable bonds is 2. The van der Waals surface area contributed by atoms with Crippen LogP contribution in [0.2, 0.25) is 0 Å². The minimum absolute atomic E-state index is 0.0976. The number of hydrogen-bond donors (Lipinski definition) is 1. The van der Waals surface area contributed by atoms with Crippen molar-refractivity contribution >= 4 is 12.0 Å². The van der Waals surface area contributed by atoms with Crippen molar-refractivity contribution in [3.8, 4) is 0 Å². The van der Waals surface area contributed by atoms with Crippen molar-refractivity contribution in [2.75, 3.05) is 33.2 Å². The van der Waals surface area contributed by atoms with Crippen LogP contribution in [0.25, 0.3) is 0 Å². The van der Waals surface area contributed by atoms with E-state index in [1.54, 1.807) is 4.90 Å². The summed E-state index contributed by atoms with van der Waals surface area (Å²) in [6.07, 6.45) is 2.74. The van der Waals surface area contributed by atoms with Gasteiger partial charge in [0.2, 0.25) is 0 Å². The van der Waals surface area contributed by atoms with Crippen LogP contribution in [0.1, 0.15) is 39.5 Å². The van der Waals surface area contributed by atoms with Crippen molar-refractivity contribution in [2.24, 2.45) is 0 Å². The molecule has 0 spiro atoms. The number of urea groups is 1. The first-order valence-corrected chi connectivity index (χ1v) is 7.92. The Balaban J connectivity index is 2.20. The van der Waals surface area contributed by atoms with E-state index in [0.29, 0.717) is 25.9 Å². The third kappa shape index (κ3) is 2.86. The van der Waals surface area contributed by atoms with E-state index in [-0.39, 0.29) is 12.1 Å². The molecule has 0 aromatic carbocycles. The summed E-state index contributed by atoms with van der Waals surface area (Å²) in [5.74, 6) is -0.865. The van der Waals surface area contributed by atoms with Gasteiger partial charge in [0.25, 0.3) is 0 Å². The Labute approximate surface area is 126 Å². The van der Waals surface area contributed by atoms with E-state index >= 15 is 0 Å². The number of carbonyl (C=O) groups is 2. The molecule has 0 radical (unpaired) electrons. The standard InChI is InChI=1S/C15H27N3O3/c1-4-15(13(19)20)7-5-10-18(15)14(21)17-9-6-8-16(3)11-12(17)2/h12H,4-11H2,1-3H3,(H,19,20). The highest BCUT2D eigenvalue weighted by Gasteiger charge is 2.50. The summed E-state index contributed by atoms with van der Waals surface area (Å²) < 4.78 is 0. The minimum atomic E-state index is -1.00. The summed E-state index contributed by atoms with van der Waals surface area (Å²) in [7, 11) is 2.06. The van der Waals surface area contributed by atoms with Crippen LogP contribution in [0.5, 0.6) is 0 Å². The Kier molecular flexibility index (Phi) is 4.76. The molecule has 2 saturated heterocycles. The van der Waals surface area contributed by atoms with E-state index < -0.39 is 11.5 Å². The van der Waals surface area contributed by atoms with Gasteiger partial charge in [-0.05, 0) is 46.2 Å². The van der Waals surface area contributed by atoms with Crippen LogP contribution in [0.3, 0.4) is 0 Å². The third-order valence-corrected chi connectivity index (χ3v) is 5.00. The summed E-state index contributed by atoms with van der Waals surface area (Å²) >= 11 is 0. The van der Waals surface area contributed by atoms with Gasteiger partial charge in [-0.25, -0.2) is 9.59 Å². The Morgan fingerprint density at radius 1 is 1.24 bits per heavy atom. The zero-order valence-electron chi connectivity index (χ0n) is 13.3. The molecule has 0 aromatic rings. The molecule has 2 fully saturated rings. The van der Waals surface area contributed by atoms with Gasteiger partial charge in [0.15, 0.2) is 0 Å². The van der Waals surface area contributed by atoms with Crippen molar-refractivity contribution in [2.45, 2.75) is 51.1 Å². The van der Waals surface area contributed by atoms with Gasteiger partial charge < -0.3 is 19.8 Å². The van der Waals surface area contributed by atoms with Crippen LogP contribution in [0.4, 0.5) is 4.79 Å². The molecular weight excluding hydrogens is 270 g/mol. The second-order valence-electron chi connectivity index (χ2n) is 6.39. The average molecular weight is 297 g/mol. The Bertz CT molecular complexity index is 415. The first-order valence-electron chi connectivity index (χ1n) is 7.92. The van der Waals surface area contributed by atoms with Gasteiger partial charge in [0, 0.05) is 25.7 Å². The lowest BCUT2D eigenvalue weighted by Crippen LogP contribution is -2.58. The number of carbonyl (C=O) groups excluding carboxylic acids is 1. The van der Waals surface area contributed by atoms with Crippen molar-refractivity contribution < 1.29 is 14.7 Å². The fraction of sp³-hybridized carbons (Fsp3) is 0.867. The zero-order chi connectivity index (χ0) is 15.6. The first kappa shape index (κ1) is 16.1. The fourth-order valence-corrected chi connectivity index (χ4v) is 3.71. The maximum absolute atomic E-state index is 12.9. The quantitative estimate of drug-likeness (QED) is 0.838. The molecule has 6 nitrogen and oxygen atoms in total. The summed E-state index contributed by atoms with van der Waals surface area (Å²) in [4.78, 5) is 30.4. The van der Waals surface area contributed by atoms with E-state index in [1.165, 1.54) is 0 Å². The highest BCUT2D eigenvalue weighted by molar-refractivity contribution is 5.87. The lowest BCUT2D eigenvalue weighted by molar-refractivity contribution is -0.148. The van der Waals surface area contributed by atoms with Crippen LogP contribution in [-0.4, -0.2) is 76.6 Å². The summed E-state index contributed by atoms with van der Waals surface area (Å²) in [5, 5.41) is 9.62. The summed E-state index contributed by atoms with van der Waals surface area (Å²) in [5.41, 5.74) is -1.00. The molecule has 120 valence electrons. The van der Waals surface area contributed by atoms with Gasteiger partial charge >= 0.3 is 12.0 Å². The smallest absolute Gasteiger partial charge is 0.329 e. The van der Waals surface area contributed by atoms with E-state index in [0.717, 1.165) is 25.9 Å². The van der Waals surface area contributed by atoms with Gasteiger partial charge in [-0.1, -0.05) is 6.92 Å². The van der Waals surface area contributed by atoms with Crippen molar-refractivity contribution in [3.05, 3.63) is 0 Å². The number of nitrogens with zero attached hydrogens (tertiary/aromatic N) is 3. The molecule has 2 amide bonds. The topological polar surface area (TPSA) is 64.1 Å². The normalized spacial score (nSPS) is 31.3. The van der Waals surface area contributed by atoms with Gasteiger partial charge in [0.1, 0.15) is 5.54 Å². The van der Waals surface area contributed by atoms with Gasteiger partial charge in [-0.15, -0.1) is 0 Å². The fourth-order valence-electron chi connectivity index (χ4n) is 3.71. The Morgan fingerprint density at radius 3 is 2.57 bits per heavy atom. The number of amides is 2. The predicted molar refractivity (Wildman–Crippen MR) is 80.3 cm³/mol. The van der Waals surface area contributed by atoms with E-state index in [2.05, 4.69) is 11.9 Å². The molecule has 2 heterocycles. The SMILES string of the molecule is CCC1(C(=O)O)CCCN1C(=O)N1CCCN(C)CC1C. The molecule has 1 N–H and O–H groups in total. The Hall–Kier alpha value is -1.30. The molecule has 6 heteroatoms. The van der Waals surface area contributed by atoms with Gasteiger partial charge in [0.05, 0.1) is 0 Å². The predicted octanol–water partition coefficient (Wildman–Crippen LogP) is 1.46. The third-order valence-electron chi connectivity index (χ3n) is 5.00. The molecular formula is C15H27N3O3. The maximum atomic E-state index is 12.9. The molecule has 0 aromatic heterocycles. The van der Waals surface area contributed by atoms with Crippen molar-refractivity contribution in [1.29, 1.82) is 0 Å². The highest BCUT2D eigenvalue weighted by atomic mass is 16.4. The van der Waals surface area contributed by atoms with Crippen molar-refractivity contribution in [3.63, 3.8) is 0 Å². The van der Waals surface area contributed by atoms with Crippen LogP contribution < -0.4 is 0 Å². The molecule has 0 aliphatic carbocycles.